The van der Waals surface area contributed by atoms with Gasteiger partial charge < -0.3 is 15.0 Å². The van der Waals surface area contributed by atoms with E-state index in [2.05, 4.69) is 9.88 Å². The fourth-order valence-electron chi connectivity index (χ4n) is 3.07. The number of amides is 1. The second-order valence-electron chi connectivity index (χ2n) is 6.10. The SMILES string of the molecule is Cc1cc(C(=O)Nc2ccccc2C(C)O)c(C)n1C1CC1. The van der Waals surface area contributed by atoms with Crippen LogP contribution in [0.5, 0.6) is 0 Å². The second-order valence-corrected chi connectivity index (χ2v) is 6.10. The molecule has 1 aromatic heterocycles. The summed E-state index contributed by atoms with van der Waals surface area (Å²) in [4.78, 5) is 12.6. The number of aryl methyl sites for hydroxylation is 1. The number of aromatic nitrogens is 1. The van der Waals surface area contributed by atoms with E-state index in [0.717, 1.165) is 17.0 Å². The number of rotatable bonds is 4. The molecule has 4 heteroatoms. The molecule has 2 aromatic rings. The topological polar surface area (TPSA) is 54.3 Å². The Bertz CT molecular complexity index is 712. The molecule has 2 N–H and O–H groups in total. The standard InChI is InChI=1S/C18H22N2O2/c1-11-10-16(12(2)20(11)14-8-9-14)18(22)19-17-7-5-4-6-15(17)13(3)21/h4-7,10,13-14,21H,8-9H2,1-3H3,(H,19,22). The van der Waals surface area contributed by atoms with Gasteiger partial charge in [-0.15, -0.1) is 0 Å². The first kappa shape index (κ1) is 14.9. The van der Waals surface area contributed by atoms with Gasteiger partial charge in [0.1, 0.15) is 0 Å². The molecule has 1 heterocycles. The summed E-state index contributed by atoms with van der Waals surface area (Å²) >= 11 is 0. The summed E-state index contributed by atoms with van der Waals surface area (Å²) in [5.74, 6) is -0.117. The summed E-state index contributed by atoms with van der Waals surface area (Å²) in [7, 11) is 0. The van der Waals surface area contributed by atoms with Crippen LogP contribution in [0, 0.1) is 13.8 Å². The van der Waals surface area contributed by atoms with Gasteiger partial charge in [-0.25, -0.2) is 0 Å². The zero-order chi connectivity index (χ0) is 15.9. The Balaban J connectivity index is 1.88. The van der Waals surface area contributed by atoms with E-state index < -0.39 is 6.10 Å². The van der Waals surface area contributed by atoms with Crippen LogP contribution in [0.4, 0.5) is 5.69 Å². The van der Waals surface area contributed by atoms with Gasteiger partial charge in [-0.2, -0.15) is 0 Å². The number of aliphatic hydroxyl groups excluding tert-OH is 1. The van der Waals surface area contributed by atoms with E-state index in [1.165, 1.54) is 12.8 Å². The molecule has 0 radical (unpaired) electrons. The molecule has 116 valence electrons. The fraction of sp³-hybridized carbons (Fsp3) is 0.389. The maximum absolute atomic E-state index is 12.6. The highest BCUT2D eigenvalue weighted by Gasteiger charge is 2.28. The number of carbonyl (C=O) groups is 1. The molecule has 1 aliphatic carbocycles. The van der Waals surface area contributed by atoms with E-state index in [-0.39, 0.29) is 5.91 Å². The summed E-state index contributed by atoms with van der Waals surface area (Å²) in [5, 5.41) is 12.8. The maximum atomic E-state index is 12.6. The Kier molecular flexibility index (Phi) is 3.79. The third-order valence-electron chi connectivity index (χ3n) is 4.30. The van der Waals surface area contributed by atoms with E-state index in [1.54, 1.807) is 6.92 Å². The van der Waals surface area contributed by atoms with Crippen molar-refractivity contribution >= 4 is 11.6 Å². The van der Waals surface area contributed by atoms with Crippen LogP contribution in [-0.4, -0.2) is 15.6 Å². The van der Waals surface area contributed by atoms with Crippen molar-refractivity contribution < 1.29 is 9.90 Å². The van der Waals surface area contributed by atoms with Gasteiger partial charge in [0, 0.05) is 28.7 Å². The van der Waals surface area contributed by atoms with Crippen molar-refractivity contribution in [2.45, 2.75) is 45.8 Å². The smallest absolute Gasteiger partial charge is 0.257 e. The third kappa shape index (κ3) is 2.66. The second kappa shape index (κ2) is 5.61. The Hall–Kier alpha value is -2.07. The van der Waals surface area contributed by atoms with Crippen molar-refractivity contribution in [3.05, 3.63) is 52.8 Å². The number of hydrogen-bond acceptors (Lipinski definition) is 2. The van der Waals surface area contributed by atoms with E-state index >= 15 is 0 Å². The highest BCUT2D eigenvalue weighted by Crippen LogP contribution is 2.38. The lowest BCUT2D eigenvalue weighted by atomic mass is 10.1. The first-order valence-electron chi connectivity index (χ1n) is 7.75. The number of para-hydroxylation sites is 1. The van der Waals surface area contributed by atoms with Crippen molar-refractivity contribution in [3.8, 4) is 0 Å². The van der Waals surface area contributed by atoms with Gasteiger partial charge in [-0.05, 0) is 45.7 Å². The number of nitrogens with one attached hydrogen (secondary N) is 1. The molecule has 0 saturated heterocycles. The van der Waals surface area contributed by atoms with Crippen molar-refractivity contribution in [2.24, 2.45) is 0 Å². The molecular weight excluding hydrogens is 276 g/mol. The van der Waals surface area contributed by atoms with Crippen LogP contribution < -0.4 is 5.32 Å². The summed E-state index contributed by atoms with van der Waals surface area (Å²) in [6.45, 7) is 5.75. The zero-order valence-electron chi connectivity index (χ0n) is 13.3. The average molecular weight is 298 g/mol. The minimum Gasteiger partial charge on any atom is -0.389 e. The average Bonchev–Trinajstić information content (AvgIpc) is 3.25. The number of hydrogen-bond donors (Lipinski definition) is 2. The normalized spacial score (nSPS) is 15.6. The van der Waals surface area contributed by atoms with Crippen molar-refractivity contribution in [2.75, 3.05) is 5.32 Å². The van der Waals surface area contributed by atoms with E-state index in [0.29, 0.717) is 17.3 Å². The van der Waals surface area contributed by atoms with Crippen LogP contribution in [0.1, 0.15) is 59.2 Å². The number of nitrogens with zero attached hydrogens (tertiary/aromatic N) is 1. The van der Waals surface area contributed by atoms with Crippen LogP contribution in [0.3, 0.4) is 0 Å². The Labute approximate surface area is 130 Å². The van der Waals surface area contributed by atoms with Gasteiger partial charge in [0.25, 0.3) is 5.91 Å². The summed E-state index contributed by atoms with van der Waals surface area (Å²) in [6.07, 6.45) is 1.78. The van der Waals surface area contributed by atoms with Crippen LogP contribution in [-0.2, 0) is 0 Å². The lowest BCUT2D eigenvalue weighted by Crippen LogP contribution is -2.15. The largest absolute Gasteiger partial charge is 0.389 e. The van der Waals surface area contributed by atoms with Gasteiger partial charge in [-0.1, -0.05) is 18.2 Å². The van der Waals surface area contributed by atoms with E-state index in [4.69, 9.17) is 0 Å². The molecule has 0 bridgehead atoms. The number of benzene rings is 1. The first-order valence-corrected chi connectivity index (χ1v) is 7.75. The molecule has 0 aliphatic heterocycles. The molecule has 1 saturated carbocycles. The Morgan fingerprint density at radius 3 is 2.64 bits per heavy atom. The predicted octanol–water partition coefficient (Wildman–Crippen LogP) is 3.75. The molecule has 1 aliphatic rings. The van der Waals surface area contributed by atoms with Crippen molar-refractivity contribution in [1.29, 1.82) is 0 Å². The molecule has 1 amide bonds. The van der Waals surface area contributed by atoms with Crippen molar-refractivity contribution in [1.82, 2.24) is 4.57 Å². The Morgan fingerprint density at radius 1 is 1.32 bits per heavy atom. The minimum absolute atomic E-state index is 0.117. The highest BCUT2D eigenvalue weighted by molar-refractivity contribution is 6.05. The van der Waals surface area contributed by atoms with Crippen LogP contribution >= 0.6 is 0 Å². The lowest BCUT2D eigenvalue weighted by molar-refractivity contribution is 0.102. The Morgan fingerprint density at radius 2 is 2.00 bits per heavy atom. The summed E-state index contributed by atoms with van der Waals surface area (Å²) in [6, 6.07) is 9.87. The summed E-state index contributed by atoms with van der Waals surface area (Å²) in [5.41, 5.74) is 4.26. The molecule has 3 rings (SSSR count). The molecule has 0 spiro atoms. The molecular formula is C18H22N2O2. The molecule has 1 unspecified atom stereocenters. The van der Waals surface area contributed by atoms with Gasteiger partial charge in [0.15, 0.2) is 0 Å². The molecule has 1 fully saturated rings. The number of carbonyl (C=O) groups excluding carboxylic acids is 1. The highest BCUT2D eigenvalue weighted by atomic mass is 16.3. The third-order valence-corrected chi connectivity index (χ3v) is 4.30. The van der Waals surface area contributed by atoms with Gasteiger partial charge in [-0.3, -0.25) is 4.79 Å². The van der Waals surface area contributed by atoms with E-state index in [1.807, 2.05) is 44.2 Å². The minimum atomic E-state index is -0.615. The molecule has 22 heavy (non-hydrogen) atoms. The summed E-state index contributed by atoms with van der Waals surface area (Å²) < 4.78 is 2.26. The molecule has 1 atom stereocenters. The molecule has 1 aromatic carbocycles. The first-order chi connectivity index (χ1) is 10.5. The van der Waals surface area contributed by atoms with Crippen LogP contribution in [0.15, 0.2) is 30.3 Å². The van der Waals surface area contributed by atoms with E-state index in [9.17, 15) is 9.90 Å². The van der Waals surface area contributed by atoms with Crippen LogP contribution in [0.2, 0.25) is 0 Å². The number of aliphatic hydroxyl groups is 1. The van der Waals surface area contributed by atoms with Crippen LogP contribution in [0.25, 0.3) is 0 Å². The lowest BCUT2D eigenvalue weighted by Gasteiger charge is -2.13. The van der Waals surface area contributed by atoms with Gasteiger partial charge >= 0.3 is 0 Å². The van der Waals surface area contributed by atoms with Gasteiger partial charge in [0.2, 0.25) is 0 Å². The predicted molar refractivity (Wildman–Crippen MR) is 87.2 cm³/mol. The monoisotopic (exact) mass is 298 g/mol. The molecule has 4 nitrogen and oxygen atoms in total. The maximum Gasteiger partial charge on any atom is 0.257 e. The quantitative estimate of drug-likeness (QED) is 0.903. The fourth-order valence-corrected chi connectivity index (χ4v) is 3.07. The zero-order valence-corrected chi connectivity index (χ0v) is 13.3. The van der Waals surface area contributed by atoms with Gasteiger partial charge in [0.05, 0.1) is 11.7 Å². The number of anilines is 1. The van der Waals surface area contributed by atoms with Crippen molar-refractivity contribution in [3.63, 3.8) is 0 Å².